The SMILES string of the molecule is Cc1c(F)c(N(Cc2c(F)cc(F)c(F)c2F)C(=O)CCl)nc2ccccc12. The number of aromatic nitrogens is 1. The van der Waals surface area contributed by atoms with Crippen LogP contribution in [0.1, 0.15) is 11.1 Å². The number of halogens is 6. The summed E-state index contributed by atoms with van der Waals surface area (Å²) in [5.74, 6) is -9.88. The predicted molar refractivity (Wildman–Crippen MR) is 94.6 cm³/mol. The molecule has 3 rings (SSSR count). The van der Waals surface area contributed by atoms with Crippen molar-refractivity contribution < 1.29 is 26.7 Å². The maximum absolute atomic E-state index is 14.9. The number of para-hydroxylation sites is 1. The smallest absolute Gasteiger partial charge is 0.243 e. The Bertz CT molecular complexity index is 1090. The van der Waals surface area contributed by atoms with Crippen molar-refractivity contribution in [3.63, 3.8) is 0 Å². The zero-order valence-electron chi connectivity index (χ0n) is 14.4. The fourth-order valence-corrected chi connectivity index (χ4v) is 2.92. The largest absolute Gasteiger partial charge is 0.289 e. The highest BCUT2D eigenvalue weighted by Crippen LogP contribution is 2.29. The van der Waals surface area contributed by atoms with E-state index in [1.54, 1.807) is 24.3 Å². The normalized spacial score (nSPS) is 11.1. The summed E-state index contributed by atoms with van der Waals surface area (Å²) < 4.78 is 69.7. The Morgan fingerprint density at radius 1 is 1.04 bits per heavy atom. The Morgan fingerprint density at radius 2 is 1.71 bits per heavy atom. The third-order valence-corrected chi connectivity index (χ3v) is 4.48. The van der Waals surface area contributed by atoms with Crippen LogP contribution in [0.15, 0.2) is 30.3 Å². The molecular formula is C19H12ClF5N2O. The molecule has 0 radical (unpaired) electrons. The topological polar surface area (TPSA) is 33.2 Å². The zero-order chi connectivity index (χ0) is 20.6. The predicted octanol–water partition coefficient (Wildman–Crippen LogP) is 5.01. The molecular weight excluding hydrogens is 403 g/mol. The van der Waals surface area contributed by atoms with Gasteiger partial charge in [-0.3, -0.25) is 9.69 Å². The minimum absolute atomic E-state index is 0.145. The van der Waals surface area contributed by atoms with E-state index in [2.05, 4.69) is 4.98 Å². The van der Waals surface area contributed by atoms with Gasteiger partial charge in [0.05, 0.1) is 12.1 Å². The summed E-state index contributed by atoms with van der Waals surface area (Å²) in [6.07, 6.45) is 0. The minimum Gasteiger partial charge on any atom is -0.289 e. The van der Waals surface area contributed by atoms with Crippen molar-refractivity contribution in [2.45, 2.75) is 13.5 Å². The van der Waals surface area contributed by atoms with Gasteiger partial charge in [0, 0.05) is 17.0 Å². The first kappa shape index (κ1) is 20.0. The van der Waals surface area contributed by atoms with Gasteiger partial charge in [-0.1, -0.05) is 18.2 Å². The molecule has 0 bridgehead atoms. The number of pyridine rings is 1. The van der Waals surface area contributed by atoms with Crippen LogP contribution in [0.5, 0.6) is 0 Å². The quantitative estimate of drug-likeness (QED) is 0.260. The van der Waals surface area contributed by atoms with Crippen LogP contribution < -0.4 is 4.90 Å². The van der Waals surface area contributed by atoms with Gasteiger partial charge in [-0.2, -0.15) is 0 Å². The lowest BCUT2D eigenvalue weighted by atomic mass is 10.1. The molecule has 0 unspecified atom stereocenters. The zero-order valence-corrected chi connectivity index (χ0v) is 15.1. The average Bonchev–Trinajstić information content (AvgIpc) is 2.69. The number of hydrogen-bond acceptors (Lipinski definition) is 2. The lowest BCUT2D eigenvalue weighted by Gasteiger charge is -2.23. The van der Waals surface area contributed by atoms with E-state index >= 15 is 0 Å². The Balaban J connectivity index is 2.18. The highest BCUT2D eigenvalue weighted by atomic mass is 35.5. The number of rotatable bonds is 4. The van der Waals surface area contributed by atoms with Gasteiger partial charge >= 0.3 is 0 Å². The number of alkyl halides is 1. The van der Waals surface area contributed by atoms with Gasteiger partial charge in [0.25, 0.3) is 0 Å². The number of benzene rings is 2. The summed E-state index contributed by atoms with van der Waals surface area (Å²) in [5.41, 5.74) is -0.474. The molecule has 3 aromatic rings. The molecule has 0 aliphatic heterocycles. The van der Waals surface area contributed by atoms with Crippen LogP contribution in [0.3, 0.4) is 0 Å². The average molecular weight is 415 g/mol. The first-order valence-corrected chi connectivity index (χ1v) is 8.52. The van der Waals surface area contributed by atoms with E-state index < -0.39 is 58.8 Å². The molecule has 2 aromatic carbocycles. The molecule has 0 aliphatic carbocycles. The second kappa shape index (κ2) is 7.71. The first-order chi connectivity index (χ1) is 13.3. The summed E-state index contributed by atoms with van der Waals surface area (Å²) in [4.78, 5) is 16.9. The van der Waals surface area contributed by atoms with Gasteiger partial charge in [0.2, 0.25) is 5.91 Å². The summed E-state index contributed by atoms with van der Waals surface area (Å²) in [6.45, 7) is 0.521. The van der Waals surface area contributed by atoms with E-state index in [1.807, 2.05) is 0 Å². The van der Waals surface area contributed by atoms with E-state index in [9.17, 15) is 26.7 Å². The number of fused-ring (bicyclic) bond motifs is 1. The second-order valence-electron chi connectivity index (χ2n) is 5.95. The van der Waals surface area contributed by atoms with Crippen LogP contribution in [0.4, 0.5) is 27.8 Å². The molecule has 1 amide bonds. The maximum Gasteiger partial charge on any atom is 0.243 e. The first-order valence-electron chi connectivity index (χ1n) is 7.99. The fraction of sp³-hybridized carbons (Fsp3) is 0.158. The molecule has 9 heteroatoms. The van der Waals surface area contributed by atoms with E-state index in [-0.39, 0.29) is 11.6 Å². The molecule has 0 spiro atoms. The number of hydrogen-bond donors (Lipinski definition) is 0. The number of nitrogens with zero attached hydrogens (tertiary/aromatic N) is 2. The van der Waals surface area contributed by atoms with Crippen LogP contribution in [0, 0.1) is 36.0 Å². The van der Waals surface area contributed by atoms with Gasteiger partial charge in [-0.15, -0.1) is 11.6 Å². The van der Waals surface area contributed by atoms with Crippen molar-refractivity contribution in [1.29, 1.82) is 0 Å². The molecule has 0 aliphatic rings. The van der Waals surface area contributed by atoms with Gasteiger partial charge in [0.1, 0.15) is 11.7 Å². The minimum atomic E-state index is -1.90. The Morgan fingerprint density at radius 3 is 2.39 bits per heavy atom. The number of carbonyl (C=O) groups excluding carboxylic acids is 1. The van der Waals surface area contributed by atoms with Crippen LogP contribution in [0.25, 0.3) is 10.9 Å². The summed E-state index contributed by atoms with van der Waals surface area (Å²) >= 11 is 5.55. The van der Waals surface area contributed by atoms with E-state index in [0.29, 0.717) is 15.8 Å². The van der Waals surface area contributed by atoms with Crippen molar-refractivity contribution in [2.75, 3.05) is 10.8 Å². The van der Waals surface area contributed by atoms with Crippen LogP contribution in [0.2, 0.25) is 0 Å². The molecule has 1 aromatic heterocycles. The van der Waals surface area contributed by atoms with Crippen molar-refractivity contribution in [3.05, 3.63) is 70.5 Å². The molecule has 1 heterocycles. The molecule has 3 nitrogen and oxygen atoms in total. The molecule has 28 heavy (non-hydrogen) atoms. The lowest BCUT2D eigenvalue weighted by Crippen LogP contribution is -2.34. The third-order valence-electron chi connectivity index (χ3n) is 4.26. The van der Waals surface area contributed by atoms with E-state index in [0.717, 1.165) is 0 Å². The van der Waals surface area contributed by atoms with E-state index in [1.165, 1.54) is 6.92 Å². The monoisotopic (exact) mass is 414 g/mol. The Kier molecular flexibility index (Phi) is 5.51. The molecule has 146 valence electrons. The summed E-state index contributed by atoms with van der Waals surface area (Å²) in [7, 11) is 0. The van der Waals surface area contributed by atoms with Gasteiger partial charge in [0.15, 0.2) is 29.1 Å². The highest BCUT2D eigenvalue weighted by Gasteiger charge is 2.27. The Hall–Kier alpha value is -2.74. The second-order valence-corrected chi connectivity index (χ2v) is 6.22. The summed E-state index contributed by atoms with van der Waals surface area (Å²) in [5, 5.41) is 0.479. The van der Waals surface area contributed by atoms with E-state index in [4.69, 9.17) is 11.6 Å². The van der Waals surface area contributed by atoms with Crippen molar-refractivity contribution in [1.82, 2.24) is 4.98 Å². The highest BCUT2D eigenvalue weighted by molar-refractivity contribution is 6.29. The van der Waals surface area contributed by atoms with Gasteiger partial charge < -0.3 is 0 Å². The number of amides is 1. The molecule has 0 saturated heterocycles. The number of aryl methyl sites for hydroxylation is 1. The fourth-order valence-electron chi connectivity index (χ4n) is 2.78. The van der Waals surface area contributed by atoms with Crippen LogP contribution >= 0.6 is 11.6 Å². The maximum atomic E-state index is 14.9. The van der Waals surface area contributed by atoms with Gasteiger partial charge in [-0.25, -0.2) is 26.9 Å². The molecule has 0 fully saturated rings. The van der Waals surface area contributed by atoms with Crippen LogP contribution in [-0.2, 0) is 11.3 Å². The Labute approximate surface area is 161 Å². The van der Waals surface area contributed by atoms with Crippen LogP contribution in [-0.4, -0.2) is 16.8 Å². The molecule has 0 N–H and O–H groups in total. The molecule has 0 saturated carbocycles. The molecule has 0 atom stereocenters. The number of anilines is 1. The lowest BCUT2D eigenvalue weighted by molar-refractivity contribution is -0.116. The summed E-state index contributed by atoms with van der Waals surface area (Å²) in [6, 6.07) is 6.63. The van der Waals surface area contributed by atoms with Crippen molar-refractivity contribution in [3.8, 4) is 0 Å². The van der Waals surface area contributed by atoms with Crippen molar-refractivity contribution >= 4 is 34.2 Å². The number of carbonyl (C=O) groups is 1. The van der Waals surface area contributed by atoms with Crippen molar-refractivity contribution in [2.24, 2.45) is 0 Å². The standard InChI is InChI=1S/C19H12ClF5N2O/c1-9-10-4-2-3-5-14(10)26-19(16(9)23)27(15(28)7-20)8-11-12(21)6-13(22)18(25)17(11)24/h2-6H,7-8H2,1H3. The third kappa shape index (κ3) is 3.40. The van der Waals surface area contributed by atoms with Gasteiger partial charge in [-0.05, 0) is 18.6 Å².